The number of methoxy groups -OCH3 is 1. The largest absolute Gasteiger partial charge is 0.497 e. The van der Waals surface area contributed by atoms with Gasteiger partial charge in [0.1, 0.15) is 17.0 Å². The molecule has 0 aliphatic carbocycles. The van der Waals surface area contributed by atoms with Crippen LogP contribution in [-0.4, -0.2) is 24.6 Å². The number of hydrogen-bond donors (Lipinski definition) is 1. The third kappa shape index (κ3) is 4.27. The van der Waals surface area contributed by atoms with E-state index >= 15 is 0 Å². The molecule has 0 aliphatic rings. The Hall–Kier alpha value is -3.80. The van der Waals surface area contributed by atoms with Crippen LogP contribution in [0, 0.1) is 13.8 Å². The lowest BCUT2D eigenvalue weighted by molar-refractivity contribution is -0.118. The lowest BCUT2D eigenvalue weighted by Crippen LogP contribution is -2.20. The molecule has 152 valence electrons. The molecule has 0 aliphatic heterocycles. The number of benzene rings is 3. The van der Waals surface area contributed by atoms with Crippen LogP contribution in [0.5, 0.6) is 11.5 Å². The van der Waals surface area contributed by atoms with Gasteiger partial charge in [0.05, 0.1) is 7.11 Å². The molecule has 0 saturated carbocycles. The first-order chi connectivity index (χ1) is 14.5. The molecule has 0 atom stereocenters. The highest BCUT2D eigenvalue weighted by Crippen LogP contribution is 2.27. The highest BCUT2D eigenvalue weighted by atomic mass is 16.5. The molecule has 4 aromatic rings. The smallest absolute Gasteiger partial charge is 0.262 e. The summed E-state index contributed by atoms with van der Waals surface area (Å²) < 4.78 is 16.5. The van der Waals surface area contributed by atoms with Gasteiger partial charge in [0, 0.05) is 11.3 Å². The van der Waals surface area contributed by atoms with Crippen LogP contribution in [0.4, 0.5) is 5.69 Å². The fraction of sp³-hybridized carbons (Fsp3) is 0.167. The summed E-state index contributed by atoms with van der Waals surface area (Å²) in [5.41, 5.74) is 5.46. The van der Waals surface area contributed by atoms with Gasteiger partial charge in [0.2, 0.25) is 5.89 Å². The minimum Gasteiger partial charge on any atom is -0.497 e. The number of amides is 1. The predicted molar refractivity (Wildman–Crippen MR) is 116 cm³/mol. The van der Waals surface area contributed by atoms with Crippen molar-refractivity contribution in [1.82, 2.24) is 4.98 Å². The SMILES string of the molecule is COc1ccc(OCC(=O)Nc2ccc(-c3nc4cc(C)c(C)cc4o3)cc2)cc1. The zero-order valence-electron chi connectivity index (χ0n) is 17.1. The van der Waals surface area contributed by atoms with Crippen LogP contribution in [-0.2, 0) is 4.79 Å². The number of hydrogen-bond acceptors (Lipinski definition) is 5. The van der Waals surface area contributed by atoms with E-state index in [0.29, 0.717) is 17.3 Å². The molecule has 3 aromatic carbocycles. The Morgan fingerprint density at radius 1 is 0.967 bits per heavy atom. The maximum absolute atomic E-state index is 12.2. The highest BCUT2D eigenvalue weighted by Gasteiger charge is 2.10. The zero-order valence-corrected chi connectivity index (χ0v) is 17.1. The fourth-order valence-corrected chi connectivity index (χ4v) is 3.02. The van der Waals surface area contributed by atoms with Crippen molar-refractivity contribution >= 4 is 22.7 Å². The molecule has 0 bridgehead atoms. The Kier molecular flexibility index (Phi) is 5.39. The summed E-state index contributed by atoms with van der Waals surface area (Å²) in [7, 11) is 1.60. The Bertz CT molecular complexity index is 1140. The average Bonchev–Trinajstić information content (AvgIpc) is 3.16. The van der Waals surface area contributed by atoms with E-state index in [1.54, 1.807) is 31.4 Å². The summed E-state index contributed by atoms with van der Waals surface area (Å²) in [6.45, 7) is 4.02. The molecule has 6 nitrogen and oxygen atoms in total. The van der Waals surface area contributed by atoms with Crippen molar-refractivity contribution in [3.05, 3.63) is 71.8 Å². The second kappa shape index (κ2) is 8.29. The highest BCUT2D eigenvalue weighted by molar-refractivity contribution is 5.92. The van der Waals surface area contributed by atoms with Crippen molar-refractivity contribution in [3.63, 3.8) is 0 Å². The van der Waals surface area contributed by atoms with E-state index in [1.807, 2.05) is 43.3 Å². The molecule has 30 heavy (non-hydrogen) atoms. The van der Waals surface area contributed by atoms with Crippen molar-refractivity contribution in [2.45, 2.75) is 13.8 Å². The summed E-state index contributed by atoms with van der Waals surface area (Å²) in [6.07, 6.45) is 0. The number of nitrogens with zero attached hydrogens (tertiary/aromatic N) is 1. The van der Waals surface area contributed by atoms with Crippen molar-refractivity contribution in [2.75, 3.05) is 19.0 Å². The van der Waals surface area contributed by atoms with Gasteiger partial charge in [-0.15, -0.1) is 0 Å². The molecule has 1 amide bonds. The normalized spacial score (nSPS) is 10.8. The van der Waals surface area contributed by atoms with E-state index in [0.717, 1.165) is 22.4 Å². The Balaban J connectivity index is 1.38. The number of carbonyl (C=O) groups excluding carboxylic acids is 1. The molecule has 4 rings (SSSR count). The molecule has 1 aromatic heterocycles. The average molecular weight is 402 g/mol. The standard InChI is InChI=1S/C24H22N2O4/c1-15-12-21-22(13-16(15)2)30-24(26-21)17-4-6-18(7-5-17)25-23(27)14-29-20-10-8-19(28-3)9-11-20/h4-13H,14H2,1-3H3,(H,25,27). The van der Waals surface area contributed by atoms with Gasteiger partial charge in [-0.05, 0) is 85.6 Å². The van der Waals surface area contributed by atoms with Crippen LogP contribution in [0.15, 0.2) is 65.1 Å². The predicted octanol–water partition coefficient (Wildman–Crippen LogP) is 5.14. The Morgan fingerprint density at radius 3 is 2.33 bits per heavy atom. The first kappa shape index (κ1) is 19.5. The van der Waals surface area contributed by atoms with E-state index in [9.17, 15) is 4.79 Å². The minimum absolute atomic E-state index is 0.0854. The molecule has 0 saturated heterocycles. The maximum atomic E-state index is 12.2. The summed E-state index contributed by atoms with van der Waals surface area (Å²) >= 11 is 0. The van der Waals surface area contributed by atoms with Gasteiger partial charge < -0.3 is 19.2 Å². The van der Waals surface area contributed by atoms with E-state index in [1.165, 1.54) is 11.1 Å². The van der Waals surface area contributed by atoms with E-state index < -0.39 is 0 Å². The molecule has 0 fully saturated rings. The summed E-state index contributed by atoms with van der Waals surface area (Å²) in [6, 6.07) is 18.4. The molecule has 0 radical (unpaired) electrons. The quantitative estimate of drug-likeness (QED) is 0.483. The molecule has 1 N–H and O–H groups in total. The Labute approximate surface area is 174 Å². The minimum atomic E-state index is -0.244. The lowest BCUT2D eigenvalue weighted by Gasteiger charge is -2.08. The number of aromatic nitrogens is 1. The molecule has 0 unspecified atom stereocenters. The van der Waals surface area contributed by atoms with Crippen molar-refractivity contribution in [3.8, 4) is 23.0 Å². The third-order valence-electron chi connectivity index (χ3n) is 4.85. The van der Waals surface area contributed by atoms with Crippen molar-refractivity contribution < 1.29 is 18.7 Å². The van der Waals surface area contributed by atoms with Gasteiger partial charge in [0.25, 0.3) is 5.91 Å². The van der Waals surface area contributed by atoms with Crippen LogP contribution < -0.4 is 14.8 Å². The van der Waals surface area contributed by atoms with Crippen LogP contribution in [0.3, 0.4) is 0 Å². The van der Waals surface area contributed by atoms with Crippen LogP contribution in [0.1, 0.15) is 11.1 Å². The second-order valence-corrected chi connectivity index (χ2v) is 7.01. The third-order valence-corrected chi connectivity index (χ3v) is 4.85. The van der Waals surface area contributed by atoms with E-state index in [2.05, 4.69) is 17.2 Å². The number of rotatable bonds is 6. The van der Waals surface area contributed by atoms with Crippen LogP contribution in [0.25, 0.3) is 22.6 Å². The first-order valence-corrected chi connectivity index (χ1v) is 9.57. The van der Waals surface area contributed by atoms with Gasteiger partial charge in [-0.3, -0.25) is 4.79 Å². The number of aryl methyl sites for hydroxylation is 2. The first-order valence-electron chi connectivity index (χ1n) is 9.57. The number of ether oxygens (including phenoxy) is 2. The molecular weight excluding hydrogens is 380 g/mol. The van der Waals surface area contributed by atoms with Gasteiger partial charge in [-0.1, -0.05) is 0 Å². The van der Waals surface area contributed by atoms with Crippen LogP contribution >= 0.6 is 0 Å². The number of anilines is 1. The molecule has 1 heterocycles. The maximum Gasteiger partial charge on any atom is 0.262 e. The topological polar surface area (TPSA) is 73.6 Å². The van der Waals surface area contributed by atoms with Gasteiger partial charge in [-0.25, -0.2) is 4.98 Å². The number of fused-ring (bicyclic) bond motifs is 1. The molecule has 0 spiro atoms. The summed E-state index contributed by atoms with van der Waals surface area (Å²) in [4.78, 5) is 16.7. The summed E-state index contributed by atoms with van der Waals surface area (Å²) in [5, 5.41) is 2.82. The number of carbonyl (C=O) groups is 1. The fourth-order valence-electron chi connectivity index (χ4n) is 3.02. The molecule has 6 heteroatoms. The summed E-state index contributed by atoms with van der Waals surface area (Å²) in [5.74, 6) is 1.64. The van der Waals surface area contributed by atoms with Crippen molar-refractivity contribution in [1.29, 1.82) is 0 Å². The Morgan fingerprint density at radius 2 is 1.63 bits per heavy atom. The van der Waals surface area contributed by atoms with Crippen LogP contribution in [0.2, 0.25) is 0 Å². The number of oxazole rings is 1. The van der Waals surface area contributed by atoms with Gasteiger partial charge in [-0.2, -0.15) is 0 Å². The van der Waals surface area contributed by atoms with Crippen molar-refractivity contribution in [2.24, 2.45) is 0 Å². The zero-order chi connectivity index (χ0) is 21.1. The number of nitrogens with one attached hydrogen (secondary N) is 1. The lowest BCUT2D eigenvalue weighted by atomic mass is 10.1. The monoisotopic (exact) mass is 402 g/mol. The van der Waals surface area contributed by atoms with E-state index in [-0.39, 0.29) is 12.5 Å². The van der Waals surface area contributed by atoms with Gasteiger partial charge >= 0.3 is 0 Å². The van der Waals surface area contributed by atoms with E-state index in [4.69, 9.17) is 13.9 Å². The second-order valence-electron chi connectivity index (χ2n) is 7.01. The van der Waals surface area contributed by atoms with Gasteiger partial charge in [0.15, 0.2) is 12.2 Å². The molecular formula is C24H22N2O4.